The average molecular weight is 263 g/mol. The summed E-state index contributed by atoms with van der Waals surface area (Å²) in [6.07, 6.45) is 4.72. The van der Waals surface area contributed by atoms with Gasteiger partial charge < -0.3 is 9.47 Å². The maximum absolute atomic E-state index is 11.9. The minimum absolute atomic E-state index is 0.239. The topological polar surface area (TPSA) is 47.6 Å². The lowest BCUT2D eigenvalue weighted by Crippen LogP contribution is -2.36. The van der Waals surface area contributed by atoms with Crippen LogP contribution in [0.25, 0.3) is 0 Å². The van der Waals surface area contributed by atoms with Crippen LogP contribution in [-0.2, 0) is 9.53 Å². The van der Waals surface area contributed by atoms with Crippen molar-refractivity contribution in [2.75, 3.05) is 14.2 Å². The highest BCUT2D eigenvalue weighted by Gasteiger charge is 2.26. The van der Waals surface area contributed by atoms with Crippen molar-refractivity contribution in [3.63, 3.8) is 0 Å². The molecule has 4 nitrogen and oxygen atoms in total. The van der Waals surface area contributed by atoms with Gasteiger partial charge in [-0.15, -0.1) is 0 Å². The zero-order chi connectivity index (χ0) is 13.7. The molecule has 0 spiro atoms. The molecule has 1 aliphatic carbocycles. The fourth-order valence-electron chi connectivity index (χ4n) is 2.54. The van der Waals surface area contributed by atoms with Crippen LogP contribution in [-0.4, -0.2) is 26.2 Å². The lowest BCUT2D eigenvalue weighted by molar-refractivity contribution is -0.143. The Morgan fingerprint density at radius 3 is 2.37 bits per heavy atom. The molecule has 1 fully saturated rings. The molecule has 0 bridgehead atoms. The van der Waals surface area contributed by atoms with Gasteiger partial charge in [-0.25, -0.2) is 4.79 Å². The molecular weight excluding hydrogens is 242 g/mol. The lowest BCUT2D eigenvalue weighted by Gasteiger charge is -2.21. The van der Waals surface area contributed by atoms with Crippen molar-refractivity contribution in [1.82, 2.24) is 5.32 Å². The van der Waals surface area contributed by atoms with E-state index in [1.807, 2.05) is 24.3 Å². The average Bonchev–Trinajstić information content (AvgIpc) is 2.97. The van der Waals surface area contributed by atoms with Crippen LogP contribution in [0.3, 0.4) is 0 Å². The highest BCUT2D eigenvalue weighted by atomic mass is 16.5. The molecule has 0 saturated heterocycles. The van der Waals surface area contributed by atoms with Gasteiger partial charge in [-0.3, -0.25) is 5.32 Å². The highest BCUT2D eigenvalue weighted by molar-refractivity contribution is 5.77. The number of ether oxygens (including phenoxy) is 2. The normalized spacial score (nSPS) is 17.2. The van der Waals surface area contributed by atoms with Crippen LogP contribution in [0, 0.1) is 0 Å². The number of hydrogen-bond donors (Lipinski definition) is 1. The van der Waals surface area contributed by atoms with E-state index in [1.54, 1.807) is 7.11 Å². The largest absolute Gasteiger partial charge is 0.497 e. The van der Waals surface area contributed by atoms with Gasteiger partial charge in [0.25, 0.3) is 0 Å². The third-order valence-electron chi connectivity index (χ3n) is 3.64. The van der Waals surface area contributed by atoms with Gasteiger partial charge in [0, 0.05) is 6.04 Å². The highest BCUT2D eigenvalue weighted by Crippen LogP contribution is 2.24. The van der Waals surface area contributed by atoms with Gasteiger partial charge in [0.15, 0.2) is 0 Å². The number of nitrogens with one attached hydrogen (secondary N) is 1. The molecule has 2 rings (SSSR count). The Morgan fingerprint density at radius 1 is 1.21 bits per heavy atom. The number of esters is 1. The Hall–Kier alpha value is -1.55. The second-order valence-corrected chi connectivity index (χ2v) is 4.88. The summed E-state index contributed by atoms with van der Waals surface area (Å²) in [6, 6.07) is 7.55. The second kappa shape index (κ2) is 6.57. The molecular formula is C15H21NO3. The van der Waals surface area contributed by atoms with E-state index in [4.69, 9.17) is 9.47 Å². The van der Waals surface area contributed by atoms with Crippen LogP contribution in [0.4, 0.5) is 0 Å². The molecule has 19 heavy (non-hydrogen) atoms. The minimum atomic E-state index is -0.390. The summed E-state index contributed by atoms with van der Waals surface area (Å²) in [7, 11) is 3.05. The number of carbonyl (C=O) groups excluding carboxylic acids is 1. The second-order valence-electron chi connectivity index (χ2n) is 4.88. The molecule has 104 valence electrons. The molecule has 0 aliphatic heterocycles. The Bertz CT molecular complexity index is 410. The van der Waals surface area contributed by atoms with Gasteiger partial charge in [-0.2, -0.15) is 0 Å². The van der Waals surface area contributed by atoms with Crippen LogP contribution < -0.4 is 10.1 Å². The Kier molecular flexibility index (Phi) is 4.80. The van der Waals surface area contributed by atoms with Gasteiger partial charge in [-0.1, -0.05) is 25.0 Å². The zero-order valence-corrected chi connectivity index (χ0v) is 11.5. The van der Waals surface area contributed by atoms with Crippen molar-refractivity contribution >= 4 is 5.97 Å². The Morgan fingerprint density at radius 2 is 1.84 bits per heavy atom. The first-order valence-electron chi connectivity index (χ1n) is 6.72. The van der Waals surface area contributed by atoms with E-state index >= 15 is 0 Å². The Balaban J connectivity index is 2.12. The molecule has 1 unspecified atom stereocenters. The molecule has 0 aromatic heterocycles. The lowest BCUT2D eigenvalue weighted by atomic mass is 10.1. The molecule has 1 N–H and O–H groups in total. The molecule has 1 atom stereocenters. The molecule has 1 aromatic rings. The number of hydrogen-bond acceptors (Lipinski definition) is 4. The molecule has 1 aromatic carbocycles. The SMILES string of the molecule is COC(=O)C(NC1CCCC1)c1ccc(OC)cc1. The van der Waals surface area contributed by atoms with E-state index in [9.17, 15) is 4.79 Å². The predicted molar refractivity (Wildman–Crippen MR) is 73.1 cm³/mol. The standard InChI is InChI=1S/C15H21NO3/c1-18-13-9-7-11(8-10-13)14(15(17)19-2)16-12-5-3-4-6-12/h7-10,12,14,16H,3-6H2,1-2H3. The summed E-state index contributed by atoms with van der Waals surface area (Å²) in [5, 5.41) is 3.41. The first-order chi connectivity index (χ1) is 9.24. The van der Waals surface area contributed by atoms with Crippen LogP contribution in [0.1, 0.15) is 37.3 Å². The van der Waals surface area contributed by atoms with Crippen molar-refractivity contribution in [1.29, 1.82) is 0 Å². The van der Waals surface area contributed by atoms with E-state index in [0.717, 1.165) is 24.2 Å². The molecule has 0 amide bonds. The summed E-state index contributed by atoms with van der Waals surface area (Å²) in [5.41, 5.74) is 0.916. The van der Waals surface area contributed by atoms with Gasteiger partial charge in [0.1, 0.15) is 11.8 Å². The molecule has 1 saturated carbocycles. The summed E-state index contributed by atoms with van der Waals surface area (Å²) in [4.78, 5) is 11.9. The van der Waals surface area contributed by atoms with Crippen molar-refractivity contribution in [2.45, 2.75) is 37.8 Å². The number of carbonyl (C=O) groups is 1. The maximum atomic E-state index is 11.9. The van der Waals surface area contributed by atoms with E-state index in [0.29, 0.717) is 6.04 Å². The van der Waals surface area contributed by atoms with E-state index in [2.05, 4.69) is 5.32 Å². The predicted octanol–water partition coefficient (Wildman–Crippen LogP) is 2.44. The number of methoxy groups -OCH3 is 2. The zero-order valence-electron chi connectivity index (χ0n) is 11.5. The van der Waals surface area contributed by atoms with Crippen molar-refractivity contribution in [3.8, 4) is 5.75 Å². The summed E-state index contributed by atoms with van der Waals surface area (Å²) in [6.45, 7) is 0. The van der Waals surface area contributed by atoms with Crippen molar-refractivity contribution in [3.05, 3.63) is 29.8 Å². The van der Waals surface area contributed by atoms with Crippen LogP contribution >= 0.6 is 0 Å². The van der Waals surface area contributed by atoms with E-state index < -0.39 is 0 Å². The summed E-state index contributed by atoms with van der Waals surface area (Å²) in [5.74, 6) is 0.547. The van der Waals surface area contributed by atoms with Gasteiger partial charge >= 0.3 is 5.97 Å². The number of rotatable bonds is 5. The first-order valence-corrected chi connectivity index (χ1v) is 6.72. The molecule has 0 radical (unpaired) electrons. The summed E-state index contributed by atoms with van der Waals surface area (Å²) < 4.78 is 10.0. The monoisotopic (exact) mass is 263 g/mol. The summed E-state index contributed by atoms with van der Waals surface area (Å²) >= 11 is 0. The van der Waals surface area contributed by atoms with Gasteiger partial charge in [-0.05, 0) is 30.5 Å². The van der Waals surface area contributed by atoms with Crippen LogP contribution in [0.15, 0.2) is 24.3 Å². The van der Waals surface area contributed by atoms with Crippen LogP contribution in [0.2, 0.25) is 0 Å². The first kappa shape index (κ1) is 13.9. The van der Waals surface area contributed by atoms with Crippen LogP contribution in [0.5, 0.6) is 5.75 Å². The molecule has 1 aliphatic rings. The third kappa shape index (κ3) is 3.47. The quantitative estimate of drug-likeness (QED) is 0.829. The Labute approximate surface area is 114 Å². The third-order valence-corrected chi connectivity index (χ3v) is 3.64. The molecule has 4 heteroatoms. The van der Waals surface area contributed by atoms with E-state index in [1.165, 1.54) is 20.0 Å². The van der Waals surface area contributed by atoms with E-state index in [-0.39, 0.29) is 12.0 Å². The van der Waals surface area contributed by atoms with Crippen molar-refractivity contribution < 1.29 is 14.3 Å². The minimum Gasteiger partial charge on any atom is -0.497 e. The fraction of sp³-hybridized carbons (Fsp3) is 0.533. The fourth-order valence-corrected chi connectivity index (χ4v) is 2.54. The number of benzene rings is 1. The maximum Gasteiger partial charge on any atom is 0.327 e. The smallest absolute Gasteiger partial charge is 0.327 e. The molecule has 0 heterocycles. The van der Waals surface area contributed by atoms with Gasteiger partial charge in [0.05, 0.1) is 14.2 Å². The van der Waals surface area contributed by atoms with Crippen molar-refractivity contribution in [2.24, 2.45) is 0 Å². The van der Waals surface area contributed by atoms with Gasteiger partial charge in [0.2, 0.25) is 0 Å².